The van der Waals surface area contributed by atoms with Crippen LogP contribution in [0.2, 0.25) is 5.02 Å². The number of pyridine rings is 1. The Bertz CT molecular complexity index is 1190. The summed E-state index contributed by atoms with van der Waals surface area (Å²) in [6.45, 7) is 1.80. The van der Waals surface area contributed by atoms with Crippen molar-refractivity contribution < 1.29 is 8.78 Å². The summed E-state index contributed by atoms with van der Waals surface area (Å²) < 4.78 is 29.3. The van der Waals surface area contributed by atoms with Gasteiger partial charge in [-0.3, -0.25) is 4.99 Å². The third kappa shape index (κ3) is 3.08. The lowest BCUT2D eigenvalue weighted by molar-refractivity contribution is 0.393. The lowest BCUT2D eigenvalue weighted by atomic mass is 9.86. The summed E-state index contributed by atoms with van der Waals surface area (Å²) in [6.07, 6.45) is 3.69. The van der Waals surface area contributed by atoms with Crippen LogP contribution in [0.25, 0.3) is 11.0 Å². The highest BCUT2D eigenvalue weighted by Crippen LogP contribution is 2.58. The summed E-state index contributed by atoms with van der Waals surface area (Å²) in [5.41, 5.74) is 6.53. The van der Waals surface area contributed by atoms with E-state index in [1.165, 1.54) is 24.3 Å². The zero-order valence-corrected chi connectivity index (χ0v) is 16.7. The van der Waals surface area contributed by atoms with Crippen molar-refractivity contribution in [3.8, 4) is 0 Å². The first-order valence-corrected chi connectivity index (χ1v) is 10.2. The third-order valence-corrected chi connectivity index (χ3v) is 6.71. The van der Waals surface area contributed by atoms with Crippen LogP contribution in [-0.4, -0.2) is 25.4 Å². The second-order valence-corrected chi connectivity index (χ2v) is 8.98. The highest BCUT2D eigenvalue weighted by molar-refractivity contribution is 8.14. The molecule has 3 aromatic rings. The number of fused-ring (bicyclic) bond motifs is 2. The van der Waals surface area contributed by atoms with E-state index >= 15 is 0 Å². The molecule has 0 radical (unpaired) electrons. The Morgan fingerprint density at radius 2 is 2.07 bits per heavy atom. The number of anilines is 2. The second kappa shape index (κ2) is 6.50. The van der Waals surface area contributed by atoms with Crippen LogP contribution in [0, 0.1) is 17.6 Å². The standard InChI is InChI=1S/C19H15ClF2N6S/c1-19(10-5-14(10)29-18(23)28-19)11-3-9(4-12(21)15(11)22)27-17-16-13(25-7-26-17)2-8(20)6-24-16/h2-4,6-7,10,14H,5H2,1H3,(H2,23,28)(H,25,26,27)/t10-,14?,19+/m1/s1. The molecule has 0 saturated heterocycles. The minimum absolute atomic E-state index is 0.118. The maximum Gasteiger partial charge on any atom is 0.164 e. The number of nitrogens with one attached hydrogen (secondary N) is 1. The summed E-state index contributed by atoms with van der Waals surface area (Å²) >= 11 is 7.45. The maximum atomic E-state index is 14.8. The van der Waals surface area contributed by atoms with E-state index in [-0.39, 0.29) is 16.7 Å². The summed E-state index contributed by atoms with van der Waals surface area (Å²) in [6, 6.07) is 4.30. The van der Waals surface area contributed by atoms with E-state index < -0.39 is 17.2 Å². The van der Waals surface area contributed by atoms with Gasteiger partial charge in [-0.1, -0.05) is 23.4 Å². The predicted octanol–water partition coefficient (Wildman–Crippen LogP) is 4.37. The van der Waals surface area contributed by atoms with E-state index in [4.69, 9.17) is 17.3 Å². The van der Waals surface area contributed by atoms with Gasteiger partial charge in [-0.25, -0.2) is 23.7 Å². The molecule has 6 nitrogen and oxygen atoms in total. The molecule has 1 fully saturated rings. The lowest BCUT2D eigenvalue weighted by Crippen LogP contribution is -2.32. The Hall–Kier alpha value is -2.52. The van der Waals surface area contributed by atoms with E-state index in [0.717, 1.165) is 12.5 Å². The SMILES string of the molecule is C[C@]1(c2cc(Nc3ncnc4cc(Cl)cnc34)cc(F)c2F)N=C(N)SC2C[C@H]21. The normalized spacial score (nSPS) is 25.4. The quantitative estimate of drug-likeness (QED) is 0.639. The monoisotopic (exact) mass is 432 g/mol. The molecule has 2 aromatic heterocycles. The van der Waals surface area contributed by atoms with Gasteiger partial charge in [-0.05, 0) is 25.5 Å². The van der Waals surface area contributed by atoms with Gasteiger partial charge in [-0.15, -0.1) is 0 Å². The number of halogens is 3. The van der Waals surface area contributed by atoms with Crippen molar-refractivity contribution in [1.82, 2.24) is 15.0 Å². The van der Waals surface area contributed by atoms with E-state index in [1.807, 2.05) is 0 Å². The van der Waals surface area contributed by atoms with E-state index in [9.17, 15) is 8.78 Å². The highest BCUT2D eigenvalue weighted by atomic mass is 35.5. The molecule has 0 spiro atoms. The number of thioether (sulfide) groups is 1. The minimum Gasteiger partial charge on any atom is -0.379 e. The molecular formula is C19H15ClF2N6S. The zero-order chi connectivity index (χ0) is 20.3. The highest BCUT2D eigenvalue weighted by Gasteiger charge is 2.56. The van der Waals surface area contributed by atoms with Crippen molar-refractivity contribution in [3.63, 3.8) is 0 Å². The number of nitrogens with zero attached hydrogens (tertiary/aromatic N) is 4. The molecule has 10 heteroatoms. The first kappa shape index (κ1) is 18.5. The average Bonchev–Trinajstić information content (AvgIpc) is 3.44. The lowest BCUT2D eigenvalue weighted by Gasteiger charge is -2.30. The van der Waals surface area contributed by atoms with Gasteiger partial charge in [0.2, 0.25) is 0 Å². The van der Waals surface area contributed by atoms with Gasteiger partial charge in [0.05, 0.1) is 16.1 Å². The van der Waals surface area contributed by atoms with Gasteiger partial charge in [0.25, 0.3) is 0 Å². The second-order valence-electron chi connectivity index (χ2n) is 7.28. The molecule has 3 heterocycles. The first-order chi connectivity index (χ1) is 13.8. The van der Waals surface area contributed by atoms with Gasteiger partial charge >= 0.3 is 0 Å². The number of aliphatic imine (C=N–C) groups is 1. The molecule has 29 heavy (non-hydrogen) atoms. The molecule has 0 amide bonds. The van der Waals surface area contributed by atoms with Crippen LogP contribution in [0.5, 0.6) is 0 Å². The number of rotatable bonds is 3. The Kier molecular flexibility index (Phi) is 4.15. The molecule has 1 aliphatic carbocycles. The Morgan fingerprint density at radius 1 is 1.24 bits per heavy atom. The number of benzene rings is 1. The average molecular weight is 433 g/mol. The van der Waals surface area contributed by atoms with Crippen molar-refractivity contribution in [2.24, 2.45) is 16.6 Å². The van der Waals surface area contributed by atoms with Crippen LogP contribution in [0.1, 0.15) is 18.9 Å². The number of amidine groups is 1. The molecule has 148 valence electrons. The summed E-state index contributed by atoms with van der Waals surface area (Å²) in [5.74, 6) is -1.40. The zero-order valence-electron chi connectivity index (χ0n) is 15.2. The summed E-state index contributed by atoms with van der Waals surface area (Å²) in [4.78, 5) is 17.0. The predicted molar refractivity (Wildman–Crippen MR) is 110 cm³/mol. The van der Waals surface area contributed by atoms with Crippen molar-refractivity contribution in [3.05, 3.63) is 52.9 Å². The largest absolute Gasteiger partial charge is 0.379 e. The van der Waals surface area contributed by atoms with Crippen LogP contribution in [0.4, 0.5) is 20.3 Å². The van der Waals surface area contributed by atoms with Crippen molar-refractivity contribution in [1.29, 1.82) is 0 Å². The molecule has 1 aliphatic heterocycles. The van der Waals surface area contributed by atoms with Crippen molar-refractivity contribution in [2.45, 2.75) is 24.1 Å². The van der Waals surface area contributed by atoms with Gasteiger partial charge in [0.15, 0.2) is 22.6 Å². The number of hydrogen-bond donors (Lipinski definition) is 2. The fraction of sp³-hybridized carbons (Fsp3) is 0.263. The third-order valence-electron chi connectivity index (χ3n) is 5.35. The number of aromatic nitrogens is 3. The molecule has 1 saturated carbocycles. The van der Waals surface area contributed by atoms with Gasteiger partial charge in [-0.2, -0.15) is 0 Å². The van der Waals surface area contributed by atoms with Crippen LogP contribution in [0.3, 0.4) is 0 Å². The van der Waals surface area contributed by atoms with Crippen LogP contribution in [0.15, 0.2) is 35.7 Å². The van der Waals surface area contributed by atoms with E-state index in [0.29, 0.717) is 32.7 Å². The first-order valence-electron chi connectivity index (χ1n) is 8.90. The van der Waals surface area contributed by atoms with Gasteiger partial charge < -0.3 is 11.1 Å². The van der Waals surface area contributed by atoms with Crippen LogP contribution in [-0.2, 0) is 5.54 Å². The van der Waals surface area contributed by atoms with Crippen molar-refractivity contribution in [2.75, 3.05) is 5.32 Å². The van der Waals surface area contributed by atoms with Crippen molar-refractivity contribution >= 4 is 51.1 Å². The molecule has 1 unspecified atom stereocenters. The van der Waals surface area contributed by atoms with Crippen LogP contribution < -0.4 is 11.1 Å². The molecule has 3 N–H and O–H groups in total. The van der Waals surface area contributed by atoms with E-state index in [1.54, 1.807) is 19.1 Å². The number of nitrogens with two attached hydrogens (primary N) is 1. The number of hydrogen-bond acceptors (Lipinski definition) is 7. The fourth-order valence-corrected chi connectivity index (χ4v) is 5.26. The molecular weight excluding hydrogens is 418 g/mol. The van der Waals surface area contributed by atoms with Gasteiger partial charge in [0, 0.05) is 34.7 Å². The molecule has 5 rings (SSSR count). The Balaban J connectivity index is 1.59. The Labute approximate surface area is 174 Å². The molecule has 3 atom stereocenters. The Morgan fingerprint density at radius 3 is 2.90 bits per heavy atom. The molecule has 2 aliphatic rings. The topological polar surface area (TPSA) is 89.1 Å². The smallest absolute Gasteiger partial charge is 0.164 e. The molecule has 0 bridgehead atoms. The van der Waals surface area contributed by atoms with E-state index in [2.05, 4.69) is 25.3 Å². The fourth-order valence-electron chi connectivity index (χ4n) is 3.82. The maximum absolute atomic E-state index is 14.8. The molecule has 1 aromatic carbocycles. The summed E-state index contributed by atoms with van der Waals surface area (Å²) in [7, 11) is 0. The van der Waals surface area contributed by atoms with Crippen LogP contribution >= 0.6 is 23.4 Å². The minimum atomic E-state index is -0.968. The summed E-state index contributed by atoms with van der Waals surface area (Å²) in [5, 5.41) is 4.15. The van der Waals surface area contributed by atoms with Gasteiger partial charge in [0.1, 0.15) is 11.8 Å².